The molecule has 2 aromatic carbocycles. The van der Waals surface area contributed by atoms with Crippen LogP contribution in [0.5, 0.6) is 17.4 Å². The lowest BCUT2D eigenvalue weighted by Crippen LogP contribution is -2.21. The Labute approximate surface area is 162 Å². The van der Waals surface area contributed by atoms with Crippen molar-refractivity contribution in [3.05, 3.63) is 71.1 Å². The first-order valence-electron chi connectivity index (χ1n) is 8.61. The molecule has 0 fully saturated rings. The van der Waals surface area contributed by atoms with Crippen LogP contribution < -0.4 is 19.9 Å². The zero-order valence-corrected chi connectivity index (χ0v) is 15.4. The zero-order valence-electron chi connectivity index (χ0n) is 15.4. The highest BCUT2D eigenvalue weighted by molar-refractivity contribution is 5.71. The number of allylic oxidation sites excluding steroid dienone is 1. The topological polar surface area (TPSA) is 106 Å². The predicted molar refractivity (Wildman–Crippen MR) is 103 cm³/mol. The molecule has 0 amide bonds. The molecule has 1 atom stereocenters. The molecular weight excluding hydrogens is 356 g/mol. The van der Waals surface area contributed by atoms with Gasteiger partial charge in [0, 0.05) is 5.56 Å². The van der Waals surface area contributed by atoms with Crippen LogP contribution in [0.1, 0.15) is 17.0 Å². The number of hydrogen-bond acceptors (Lipinski definition) is 6. The minimum atomic E-state index is -0.521. The first kappa shape index (κ1) is 17.5. The van der Waals surface area contributed by atoms with E-state index < -0.39 is 5.92 Å². The number of nitrogens with zero attached hydrogens (tertiary/aromatic N) is 2. The summed E-state index contributed by atoms with van der Waals surface area (Å²) in [4.78, 5) is 0. The maximum absolute atomic E-state index is 9.84. The Morgan fingerprint density at radius 1 is 1.14 bits per heavy atom. The molecule has 0 bridgehead atoms. The van der Waals surface area contributed by atoms with Crippen molar-refractivity contribution in [2.75, 3.05) is 14.2 Å². The largest absolute Gasteiger partial charge is 0.497 e. The number of hydrogen-bond donors (Lipinski definition) is 2. The summed E-state index contributed by atoms with van der Waals surface area (Å²) in [6.07, 6.45) is 0. The number of rotatable bonds is 4. The van der Waals surface area contributed by atoms with Gasteiger partial charge in [0.2, 0.25) is 11.8 Å². The van der Waals surface area contributed by atoms with Crippen molar-refractivity contribution in [1.29, 1.82) is 5.26 Å². The molecule has 1 aliphatic heterocycles. The molecule has 0 unspecified atom stereocenters. The minimum absolute atomic E-state index is 0.0241. The number of H-pyrrole nitrogens is 1. The van der Waals surface area contributed by atoms with Crippen LogP contribution in [0.4, 0.5) is 0 Å². The Bertz CT molecular complexity index is 1100. The molecule has 7 heteroatoms. The monoisotopic (exact) mass is 374 g/mol. The molecule has 140 valence electrons. The van der Waals surface area contributed by atoms with Gasteiger partial charge in [-0.3, -0.25) is 5.10 Å². The summed E-state index contributed by atoms with van der Waals surface area (Å²) in [7, 11) is 3.17. The van der Waals surface area contributed by atoms with Crippen molar-refractivity contribution in [3.63, 3.8) is 0 Å². The van der Waals surface area contributed by atoms with E-state index in [1.165, 1.54) is 0 Å². The van der Waals surface area contributed by atoms with Crippen LogP contribution in [-0.2, 0) is 0 Å². The Morgan fingerprint density at radius 2 is 1.93 bits per heavy atom. The van der Waals surface area contributed by atoms with Gasteiger partial charge in [-0.25, -0.2) is 0 Å². The van der Waals surface area contributed by atoms with E-state index >= 15 is 0 Å². The van der Waals surface area contributed by atoms with Crippen molar-refractivity contribution in [2.45, 2.75) is 5.92 Å². The standard InChI is InChI=1S/C21H18N4O3/c1-26-13-8-9-16(27-2)14(10-13)17-15(11-22)20(23)28-21-18(17)19(24-25-21)12-6-4-3-5-7-12/h3-10,17H,23H2,1-2H3,(H,24,25)/t17-/m0/s1. The Hall–Kier alpha value is -3.92. The fraction of sp³-hybridized carbons (Fsp3) is 0.143. The average Bonchev–Trinajstić information content (AvgIpc) is 3.16. The van der Waals surface area contributed by atoms with Gasteiger partial charge in [-0.1, -0.05) is 30.3 Å². The van der Waals surface area contributed by atoms with E-state index in [-0.39, 0.29) is 11.5 Å². The summed E-state index contributed by atoms with van der Waals surface area (Å²) in [5.74, 6) is 1.10. The lowest BCUT2D eigenvalue weighted by atomic mass is 9.82. The number of fused-ring (bicyclic) bond motifs is 1. The molecule has 0 spiro atoms. The van der Waals surface area contributed by atoms with Crippen LogP contribution in [0.25, 0.3) is 11.3 Å². The van der Waals surface area contributed by atoms with E-state index in [9.17, 15) is 5.26 Å². The Balaban J connectivity index is 2.00. The van der Waals surface area contributed by atoms with Crippen LogP contribution in [0.2, 0.25) is 0 Å². The maximum Gasteiger partial charge on any atom is 0.244 e. The second kappa shape index (κ2) is 7.00. The number of nitrogens with two attached hydrogens (primary N) is 1. The molecule has 3 N–H and O–H groups in total. The van der Waals surface area contributed by atoms with Crippen molar-refractivity contribution < 1.29 is 14.2 Å². The molecule has 2 heterocycles. The maximum atomic E-state index is 9.84. The predicted octanol–water partition coefficient (Wildman–Crippen LogP) is 3.31. The molecule has 0 saturated carbocycles. The van der Waals surface area contributed by atoms with E-state index in [1.54, 1.807) is 26.4 Å². The van der Waals surface area contributed by atoms with Crippen LogP contribution >= 0.6 is 0 Å². The van der Waals surface area contributed by atoms with Gasteiger partial charge in [-0.05, 0) is 23.8 Å². The average molecular weight is 374 g/mol. The SMILES string of the molecule is COc1ccc(OC)c([C@H]2C(C#N)=C(N)Oc3n[nH]c(-c4ccccc4)c32)c1. The number of aromatic amines is 1. The van der Waals surface area contributed by atoms with Crippen LogP contribution in [0.3, 0.4) is 0 Å². The second-order valence-corrected chi connectivity index (χ2v) is 6.22. The molecule has 4 rings (SSSR count). The molecule has 0 radical (unpaired) electrons. The number of benzene rings is 2. The lowest BCUT2D eigenvalue weighted by molar-refractivity contribution is 0.373. The van der Waals surface area contributed by atoms with Gasteiger partial charge in [-0.15, -0.1) is 5.10 Å². The van der Waals surface area contributed by atoms with Gasteiger partial charge in [0.1, 0.15) is 23.1 Å². The zero-order chi connectivity index (χ0) is 19.7. The molecule has 0 saturated heterocycles. The summed E-state index contributed by atoms with van der Waals surface area (Å²) in [5.41, 5.74) is 9.48. The van der Waals surface area contributed by atoms with E-state index in [0.29, 0.717) is 17.4 Å². The third kappa shape index (κ3) is 2.72. The molecule has 3 aromatic rings. The summed E-state index contributed by atoms with van der Waals surface area (Å²) in [6.45, 7) is 0. The molecule has 1 aliphatic rings. The normalized spacial score (nSPS) is 15.4. The van der Waals surface area contributed by atoms with Gasteiger partial charge in [0.05, 0.1) is 31.4 Å². The summed E-state index contributed by atoms with van der Waals surface area (Å²) in [6, 6.07) is 17.4. The van der Waals surface area contributed by atoms with Gasteiger partial charge in [0.15, 0.2) is 0 Å². The molecule has 7 nitrogen and oxygen atoms in total. The summed E-state index contributed by atoms with van der Waals surface area (Å²) in [5, 5.41) is 17.1. The van der Waals surface area contributed by atoms with E-state index in [4.69, 9.17) is 19.9 Å². The van der Waals surface area contributed by atoms with Crippen LogP contribution in [-0.4, -0.2) is 24.4 Å². The number of methoxy groups -OCH3 is 2. The number of ether oxygens (including phenoxy) is 3. The van der Waals surface area contributed by atoms with E-state index in [1.807, 2.05) is 36.4 Å². The van der Waals surface area contributed by atoms with Gasteiger partial charge in [0.25, 0.3) is 0 Å². The number of aromatic nitrogens is 2. The van der Waals surface area contributed by atoms with Gasteiger partial charge < -0.3 is 19.9 Å². The quantitative estimate of drug-likeness (QED) is 0.726. The van der Waals surface area contributed by atoms with Crippen molar-refractivity contribution in [1.82, 2.24) is 10.2 Å². The summed E-state index contributed by atoms with van der Waals surface area (Å²) < 4.78 is 16.6. The third-order valence-corrected chi connectivity index (χ3v) is 4.75. The van der Waals surface area contributed by atoms with Crippen molar-refractivity contribution in [2.24, 2.45) is 5.73 Å². The lowest BCUT2D eigenvalue weighted by Gasteiger charge is -2.25. The molecule has 28 heavy (non-hydrogen) atoms. The fourth-order valence-corrected chi connectivity index (χ4v) is 3.45. The molecule has 1 aromatic heterocycles. The minimum Gasteiger partial charge on any atom is -0.497 e. The number of nitrogens with one attached hydrogen (secondary N) is 1. The highest BCUT2D eigenvalue weighted by Crippen LogP contribution is 2.48. The fourth-order valence-electron chi connectivity index (χ4n) is 3.45. The van der Waals surface area contributed by atoms with Gasteiger partial charge in [-0.2, -0.15) is 5.26 Å². The highest BCUT2D eigenvalue weighted by Gasteiger charge is 2.37. The van der Waals surface area contributed by atoms with Gasteiger partial charge >= 0.3 is 0 Å². The van der Waals surface area contributed by atoms with Crippen molar-refractivity contribution >= 4 is 0 Å². The highest BCUT2D eigenvalue weighted by atomic mass is 16.5. The van der Waals surface area contributed by atoms with Crippen LogP contribution in [0.15, 0.2) is 60.0 Å². The van der Waals surface area contributed by atoms with Crippen molar-refractivity contribution in [3.8, 4) is 34.7 Å². The van der Waals surface area contributed by atoms with Crippen LogP contribution in [0, 0.1) is 11.3 Å². The smallest absolute Gasteiger partial charge is 0.244 e. The Morgan fingerprint density at radius 3 is 2.61 bits per heavy atom. The van der Waals surface area contributed by atoms with E-state index in [2.05, 4.69) is 16.3 Å². The van der Waals surface area contributed by atoms with E-state index in [0.717, 1.165) is 22.4 Å². The first-order chi connectivity index (χ1) is 13.7. The molecular formula is C21H18N4O3. The second-order valence-electron chi connectivity index (χ2n) is 6.22. The first-order valence-corrected chi connectivity index (χ1v) is 8.61. The third-order valence-electron chi connectivity index (χ3n) is 4.75. The Kier molecular flexibility index (Phi) is 4.38. The summed E-state index contributed by atoms with van der Waals surface area (Å²) >= 11 is 0. The molecule has 0 aliphatic carbocycles. The number of nitriles is 1.